The molecule has 3 rings (SSSR count). The van der Waals surface area contributed by atoms with Crippen molar-refractivity contribution >= 4 is 27.5 Å². The number of rotatable bonds is 9. The van der Waals surface area contributed by atoms with Crippen molar-refractivity contribution in [2.24, 2.45) is 5.92 Å². The third-order valence-electron chi connectivity index (χ3n) is 7.86. The molecule has 1 aliphatic heterocycles. The van der Waals surface area contributed by atoms with Crippen molar-refractivity contribution in [3.8, 4) is 5.75 Å². The Hall–Kier alpha value is -3.36. The monoisotopic (exact) mass is 671 g/mol. The van der Waals surface area contributed by atoms with Crippen molar-refractivity contribution < 1.29 is 45.8 Å². The lowest BCUT2D eigenvalue weighted by molar-refractivity contribution is -0.149. The van der Waals surface area contributed by atoms with Gasteiger partial charge in [0, 0.05) is 44.8 Å². The lowest BCUT2D eigenvalue weighted by Gasteiger charge is -2.36. The quantitative estimate of drug-likeness (QED) is 0.381. The molecule has 2 aromatic carbocycles. The molecule has 0 bridgehead atoms. The number of fused-ring (bicyclic) bond motifs is 1. The fourth-order valence-corrected chi connectivity index (χ4v) is 6.14. The van der Waals surface area contributed by atoms with Crippen LogP contribution in [0, 0.1) is 5.92 Å². The molecular formula is C32H44F3N3O7S. The smallest absolute Gasteiger partial charge is 0.389 e. The van der Waals surface area contributed by atoms with Gasteiger partial charge in [0.1, 0.15) is 5.75 Å². The largest absolute Gasteiger partial charge is 0.490 e. The summed E-state index contributed by atoms with van der Waals surface area (Å²) < 4.78 is 79.1. The van der Waals surface area contributed by atoms with E-state index in [0.29, 0.717) is 25.9 Å². The van der Waals surface area contributed by atoms with Gasteiger partial charge in [-0.05, 0) is 63.4 Å². The van der Waals surface area contributed by atoms with Crippen LogP contribution in [0.1, 0.15) is 63.2 Å². The molecule has 4 atom stereocenters. The van der Waals surface area contributed by atoms with E-state index in [4.69, 9.17) is 9.47 Å². The molecule has 2 aromatic rings. The zero-order valence-corrected chi connectivity index (χ0v) is 27.4. The molecule has 0 fully saturated rings. The molecule has 1 aliphatic rings. The Labute approximate surface area is 268 Å². The number of carbonyl (C=O) groups is 2. The van der Waals surface area contributed by atoms with Crippen LogP contribution in [0.15, 0.2) is 53.4 Å². The molecule has 0 saturated heterocycles. The first-order valence-corrected chi connectivity index (χ1v) is 16.8. The van der Waals surface area contributed by atoms with Crippen LogP contribution in [0.3, 0.4) is 0 Å². The van der Waals surface area contributed by atoms with Gasteiger partial charge in [0.15, 0.2) is 0 Å². The number of benzene rings is 2. The second kappa shape index (κ2) is 16.5. The number of ether oxygens (including phenoxy) is 2. The first-order valence-electron chi connectivity index (χ1n) is 15.3. The lowest BCUT2D eigenvalue weighted by atomic mass is 10.0. The molecule has 2 N–H and O–H groups in total. The lowest BCUT2D eigenvalue weighted by Crippen LogP contribution is -2.48. The Bertz CT molecular complexity index is 1410. The minimum atomic E-state index is -4.45. The molecule has 14 heteroatoms. The van der Waals surface area contributed by atoms with E-state index in [1.165, 1.54) is 47.2 Å². The summed E-state index contributed by atoms with van der Waals surface area (Å²) in [6, 6.07) is 11.6. The average molecular weight is 672 g/mol. The van der Waals surface area contributed by atoms with E-state index in [1.54, 1.807) is 32.0 Å². The summed E-state index contributed by atoms with van der Waals surface area (Å²) in [4.78, 5) is 29.4. The van der Waals surface area contributed by atoms with Gasteiger partial charge < -0.3 is 24.4 Å². The molecule has 0 saturated carbocycles. The van der Waals surface area contributed by atoms with Gasteiger partial charge in [-0.15, -0.1) is 0 Å². The van der Waals surface area contributed by atoms with Gasteiger partial charge in [0.25, 0.3) is 15.9 Å². The van der Waals surface area contributed by atoms with Crippen LogP contribution >= 0.6 is 0 Å². The van der Waals surface area contributed by atoms with E-state index in [9.17, 15) is 36.3 Å². The molecule has 1 heterocycles. The van der Waals surface area contributed by atoms with E-state index < -0.39 is 58.9 Å². The van der Waals surface area contributed by atoms with Gasteiger partial charge in [-0.1, -0.05) is 25.1 Å². The molecule has 2 amide bonds. The molecule has 10 nitrogen and oxygen atoms in total. The van der Waals surface area contributed by atoms with Crippen molar-refractivity contribution in [1.82, 2.24) is 9.80 Å². The zero-order valence-electron chi connectivity index (χ0n) is 26.6. The van der Waals surface area contributed by atoms with Crippen molar-refractivity contribution in [1.29, 1.82) is 0 Å². The van der Waals surface area contributed by atoms with Crippen LogP contribution in [0.5, 0.6) is 5.75 Å². The standard InChI is InChI=1S/C32H44F3N3O7S/c1-22-19-38(23(2)21-39)31(41)27-18-25(36-46(42,43)26-11-6-5-7-12-26)13-14-28(27)45-24(3)10-8-9-17-44-29(22)20-37(4)30(40)15-16-32(33,34)35/h5-7,11-14,18,22-24,29,36,39H,8-10,15-17,19-21H2,1-4H3/t22-,23-,24+,29-/m1/s1. The summed E-state index contributed by atoms with van der Waals surface area (Å²) in [5, 5.41) is 10.1. The first-order chi connectivity index (χ1) is 21.6. The fraction of sp³-hybridized carbons (Fsp3) is 0.562. The van der Waals surface area contributed by atoms with Crippen molar-refractivity contribution in [3.05, 3.63) is 54.1 Å². The topological polar surface area (TPSA) is 125 Å². The summed E-state index contributed by atoms with van der Waals surface area (Å²) in [6.45, 7) is 5.33. The second-order valence-electron chi connectivity index (χ2n) is 11.8. The number of halogens is 3. The normalized spacial score (nSPS) is 21.0. The van der Waals surface area contributed by atoms with Gasteiger partial charge in [0.2, 0.25) is 5.91 Å². The highest BCUT2D eigenvalue weighted by Gasteiger charge is 2.32. The average Bonchev–Trinajstić information content (AvgIpc) is 3.01. The highest BCUT2D eigenvalue weighted by Crippen LogP contribution is 2.30. The van der Waals surface area contributed by atoms with Gasteiger partial charge in [-0.25, -0.2) is 8.42 Å². The van der Waals surface area contributed by atoms with E-state index in [0.717, 1.165) is 0 Å². The van der Waals surface area contributed by atoms with Crippen molar-refractivity contribution in [3.63, 3.8) is 0 Å². The summed E-state index contributed by atoms with van der Waals surface area (Å²) in [7, 11) is -2.54. The summed E-state index contributed by atoms with van der Waals surface area (Å²) >= 11 is 0. The van der Waals surface area contributed by atoms with Crippen LogP contribution in [-0.4, -0.2) is 92.9 Å². The van der Waals surface area contributed by atoms with Crippen molar-refractivity contribution in [2.75, 3.05) is 38.1 Å². The number of nitrogens with zero attached hydrogens (tertiary/aromatic N) is 2. The van der Waals surface area contributed by atoms with Gasteiger partial charge in [-0.2, -0.15) is 13.2 Å². The maximum atomic E-state index is 14.2. The highest BCUT2D eigenvalue weighted by molar-refractivity contribution is 7.92. The number of aliphatic hydroxyl groups is 1. The van der Waals surface area contributed by atoms with Crippen molar-refractivity contribution in [2.45, 2.75) is 82.2 Å². The Balaban J connectivity index is 1.95. The third kappa shape index (κ3) is 10.9. The van der Waals surface area contributed by atoms with Crippen LogP contribution in [0.2, 0.25) is 0 Å². The number of alkyl halides is 3. The number of hydrogen-bond donors (Lipinski definition) is 2. The second-order valence-corrected chi connectivity index (χ2v) is 13.5. The number of anilines is 1. The Kier molecular flexibility index (Phi) is 13.3. The predicted octanol–water partition coefficient (Wildman–Crippen LogP) is 5.08. The van der Waals surface area contributed by atoms with Gasteiger partial charge in [-0.3, -0.25) is 14.3 Å². The first kappa shape index (κ1) is 37.1. The zero-order chi connectivity index (χ0) is 34.1. The molecular weight excluding hydrogens is 627 g/mol. The molecule has 0 aromatic heterocycles. The maximum Gasteiger partial charge on any atom is 0.389 e. The Morgan fingerprint density at radius 3 is 2.50 bits per heavy atom. The number of likely N-dealkylation sites (N-methyl/N-ethyl adjacent to an activating group) is 1. The minimum Gasteiger partial charge on any atom is -0.490 e. The van der Waals surface area contributed by atoms with Crippen LogP contribution in [0.25, 0.3) is 0 Å². The maximum absolute atomic E-state index is 14.2. The summed E-state index contributed by atoms with van der Waals surface area (Å²) in [5.74, 6) is -1.36. The van der Waals surface area contributed by atoms with E-state index in [1.807, 2.05) is 6.92 Å². The van der Waals surface area contributed by atoms with Gasteiger partial charge >= 0.3 is 6.18 Å². The van der Waals surface area contributed by atoms with Crippen LogP contribution in [-0.2, 0) is 19.6 Å². The SMILES string of the molecule is C[C@@H]1CN([C@H](C)CO)C(=O)c2cc(NS(=O)(=O)c3ccccc3)ccc2O[C@@H](C)CCCCO[C@@H]1CN(C)C(=O)CCC(F)(F)F. The number of sulfonamides is 1. The molecule has 46 heavy (non-hydrogen) atoms. The van der Waals surface area contributed by atoms with Crippen LogP contribution < -0.4 is 9.46 Å². The third-order valence-corrected chi connectivity index (χ3v) is 9.26. The molecule has 0 aliphatic carbocycles. The predicted molar refractivity (Wildman–Crippen MR) is 167 cm³/mol. The molecule has 0 radical (unpaired) electrons. The molecule has 256 valence electrons. The number of carbonyl (C=O) groups excluding carboxylic acids is 2. The van der Waals surface area contributed by atoms with E-state index in [2.05, 4.69) is 4.72 Å². The number of hydrogen-bond acceptors (Lipinski definition) is 7. The molecule has 0 unspecified atom stereocenters. The van der Waals surface area contributed by atoms with Crippen LogP contribution in [0.4, 0.5) is 18.9 Å². The fourth-order valence-electron chi connectivity index (χ4n) is 5.07. The summed E-state index contributed by atoms with van der Waals surface area (Å²) in [6.07, 6.45) is -5.30. The van der Waals surface area contributed by atoms with E-state index >= 15 is 0 Å². The van der Waals surface area contributed by atoms with E-state index in [-0.39, 0.29) is 47.7 Å². The number of nitrogens with one attached hydrogen (secondary N) is 1. The number of amides is 2. The highest BCUT2D eigenvalue weighted by atomic mass is 32.2. The Morgan fingerprint density at radius 1 is 1.15 bits per heavy atom. The minimum absolute atomic E-state index is 0.00884. The summed E-state index contributed by atoms with van der Waals surface area (Å²) in [5.41, 5.74) is 0.222. The number of aliphatic hydroxyl groups excluding tert-OH is 1. The van der Waals surface area contributed by atoms with Gasteiger partial charge in [0.05, 0.1) is 41.7 Å². The Morgan fingerprint density at radius 2 is 1.85 bits per heavy atom. The molecule has 0 spiro atoms.